The normalized spacial score (nSPS) is 14.1. The summed E-state index contributed by atoms with van der Waals surface area (Å²) in [6.45, 7) is 1.63. The van der Waals surface area contributed by atoms with Crippen LogP contribution in [0.3, 0.4) is 0 Å². The molecule has 2 aromatic carbocycles. The van der Waals surface area contributed by atoms with Crippen LogP contribution in [0.2, 0.25) is 0 Å². The minimum atomic E-state index is -0.366. The van der Waals surface area contributed by atoms with E-state index in [1.54, 1.807) is 21.9 Å². The predicted molar refractivity (Wildman–Crippen MR) is 95.2 cm³/mol. The number of piperazine rings is 1. The van der Waals surface area contributed by atoms with Crippen molar-refractivity contribution in [2.75, 3.05) is 32.8 Å². The van der Waals surface area contributed by atoms with Gasteiger partial charge in [0.2, 0.25) is 5.91 Å². The summed E-state index contributed by atoms with van der Waals surface area (Å²) in [4.78, 5) is 27.9. The van der Waals surface area contributed by atoms with Crippen molar-refractivity contribution >= 4 is 11.8 Å². The zero-order valence-electron chi connectivity index (χ0n) is 14.7. The molecule has 0 aromatic heterocycles. The molecular weight excluding hydrogens is 354 g/mol. The molecule has 1 aliphatic heterocycles. The Bertz CT molecular complexity index is 786. The lowest BCUT2D eigenvalue weighted by atomic mass is 10.1. The van der Waals surface area contributed by atoms with E-state index in [1.165, 1.54) is 36.4 Å². The zero-order chi connectivity index (χ0) is 19.2. The van der Waals surface area contributed by atoms with E-state index in [-0.39, 0.29) is 36.5 Å². The number of benzene rings is 2. The second kappa shape index (κ2) is 8.62. The summed E-state index contributed by atoms with van der Waals surface area (Å²) < 4.78 is 31.2. The predicted octanol–water partition coefficient (Wildman–Crippen LogP) is 2.26. The molecule has 142 valence electrons. The van der Waals surface area contributed by atoms with Crippen LogP contribution in [0.5, 0.6) is 5.75 Å². The van der Waals surface area contributed by atoms with Gasteiger partial charge in [-0.15, -0.1) is 0 Å². The van der Waals surface area contributed by atoms with Crippen molar-refractivity contribution in [1.82, 2.24) is 9.80 Å². The highest BCUT2D eigenvalue weighted by Crippen LogP contribution is 2.12. The Labute approximate surface area is 156 Å². The molecule has 1 aliphatic rings. The van der Waals surface area contributed by atoms with E-state index in [0.29, 0.717) is 31.9 Å². The Morgan fingerprint density at radius 3 is 1.81 bits per heavy atom. The molecule has 1 heterocycles. The van der Waals surface area contributed by atoms with E-state index in [1.807, 2.05) is 0 Å². The van der Waals surface area contributed by atoms with Crippen LogP contribution in [0.25, 0.3) is 0 Å². The number of nitrogens with zero attached hydrogens (tertiary/aromatic N) is 2. The average molecular weight is 374 g/mol. The van der Waals surface area contributed by atoms with Crippen molar-refractivity contribution in [3.8, 4) is 5.75 Å². The van der Waals surface area contributed by atoms with E-state index in [4.69, 9.17) is 4.74 Å². The Morgan fingerprint density at radius 1 is 0.778 bits per heavy atom. The molecule has 0 radical (unpaired) electrons. The first kappa shape index (κ1) is 18.8. The molecule has 0 atom stereocenters. The summed E-state index contributed by atoms with van der Waals surface area (Å²) in [7, 11) is 0. The lowest BCUT2D eigenvalue weighted by molar-refractivity contribution is -0.140. The van der Waals surface area contributed by atoms with Gasteiger partial charge in [-0.3, -0.25) is 9.59 Å². The van der Waals surface area contributed by atoms with E-state index < -0.39 is 0 Å². The van der Waals surface area contributed by atoms with Crippen LogP contribution < -0.4 is 4.74 Å². The Morgan fingerprint density at radius 2 is 1.26 bits per heavy atom. The second-order valence-corrected chi connectivity index (χ2v) is 6.31. The van der Waals surface area contributed by atoms with Crippen LogP contribution in [-0.2, 0) is 16.0 Å². The van der Waals surface area contributed by atoms with Crippen LogP contribution >= 0.6 is 0 Å². The third-order valence-corrected chi connectivity index (χ3v) is 4.43. The topological polar surface area (TPSA) is 49.9 Å². The van der Waals surface area contributed by atoms with Gasteiger partial charge in [0, 0.05) is 26.2 Å². The number of carbonyl (C=O) groups is 2. The third-order valence-electron chi connectivity index (χ3n) is 4.43. The van der Waals surface area contributed by atoms with Crippen molar-refractivity contribution in [3.05, 3.63) is 65.7 Å². The minimum Gasteiger partial charge on any atom is -0.484 e. The summed E-state index contributed by atoms with van der Waals surface area (Å²) in [6.07, 6.45) is 0.210. The van der Waals surface area contributed by atoms with E-state index in [9.17, 15) is 18.4 Å². The summed E-state index contributed by atoms with van der Waals surface area (Å²) in [5.74, 6) is -0.490. The molecule has 3 rings (SSSR count). The summed E-state index contributed by atoms with van der Waals surface area (Å²) in [5.41, 5.74) is 0.757. The van der Waals surface area contributed by atoms with E-state index >= 15 is 0 Å². The molecule has 0 aliphatic carbocycles. The second-order valence-electron chi connectivity index (χ2n) is 6.31. The van der Waals surface area contributed by atoms with Crippen molar-refractivity contribution < 1.29 is 23.1 Å². The van der Waals surface area contributed by atoms with Crippen LogP contribution in [-0.4, -0.2) is 54.4 Å². The van der Waals surface area contributed by atoms with Gasteiger partial charge >= 0.3 is 0 Å². The Hall–Kier alpha value is -2.96. The monoisotopic (exact) mass is 374 g/mol. The molecule has 5 nitrogen and oxygen atoms in total. The van der Waals surface area contributed by atoms with Crippen molar-refractivity contribution in [2.24, 2.45) is 0 Å². The van der Waals surface area contributed by atoms with Crippen molar-refractivity contribution in [3.63, 3.8) is 0 Å². The van der Waals surface area contributed by atoms with Gasteiger partial charge in [-0.05, 0) is 42.0 Å². The van der Waals surface area contributed by atoms with Crippen LogP contribution in [0.4, 0.5) is 8.78 Å². The number of amides is 2. The largest absolute Gasteiger partial charge is 0.484 e. The number of ether oxygens (including phenoxy) is 1. The lowest BCUT2D eigenvalue weighted by Gasteiger charge is -2.34. The van der Waals surface area contributed by atoms with Crippen molar-refractivity contribution in [2.45, 2.75) is 6.42 Å². The Kier molecular flexibility index (Phi) is 6.01. The molecule has 1 saturated heterocycles. The summed E-state index contributed by atoms with van der Waals surface area (Å²) >= 11 is 0. The van der Waals surface area contributed by atoms with Gasteiger partial charge in [0.25, 0.3) is 5.91 Å². The molecule has 0 N–H and O–H groups in total. The SMILES string of the molecule is O=C(COc1ccc(F)cc1)N1CCN(C(=O)Cc2ccc(F)cc2)CC1. The lowest BCUT2D eigenvalue weighted by Crippen LogP contribution is -2.52. The molecule has 0 saturated carbocycles. The van der Waals surface area contributed by atoms with E-state index in [0.717, 1.165) is 5.56 Å². The highest BCUT2D eigenvalue weighted by Gasteiger charge is 2.24. The smallest absolute Gasteiger partial charge is 0.260 e. The number of hydrogen-bond acceptors (Lipinski definition) is 3. The minimum absolute atomic E-state index is 0.0451. The molecular formula is C20H20F2N2O3. The molecule has 2 amide bonds. The van der Waals surface area contributed by atoms with E-state index in [2.05, 4.69) is 0 Å². The number of carbonyl (C=O) groups excluding carboxylic acids is 2. The summed E-state index contributed by atoms with van der Waals surface area (Å²) in [5, 5.41) is 0. The van der Waals surface area contributed by atoms with Gasteiger partial charge in [0.1, 0.15) is 17.4 Å². The van der Waals surface area contributed by atoms with Gasteiger partial charge < -0.3 is 14.5 Å². The van der Waals surface area contributed by atoms with Crippen LogP contribution in [0.1, 0.15) is 5.56 Å². The quantitative estimate of drug-likeness (QED) is 0.807. The van der Waals surface area contributed by atoms with Gasteiger partial charge in [-0.25, -0.2) is 8.78 Å². The fraction of sp³-hybridized carbons (Fsp3) is 0.300. The average Bonchev–Trinajstić information content (AvgIpc) is 2.69. The maximum Gasteiger partial charge on any atom is 0.260 e. The molecule has 2 aromatic rings. The first-order valence-electron chi connectivity index (χ1n) is 8.69. The molecule has 7 heteroatoms. The van der Waals surface area contributed by atoms with Crippen LogP contribution in [0.15, 0.2) is 48.5 Å². The molecule has 0 bridgehead atoms. The van der Waals surface area contributed by atoms with Gasteiger partial charge in [-0.2, -0.15) is 0 Å². The standard InChI is InChI=1S/C20H20F2N2O3/c21-16-3-1-15(2-4-16)13-19(25)23-9-11-24(12-10-23)20(26)14-27-18-7-5-17(22)6-8-18/h1-8H,9-14H2. The maximum atomic E-state index is 12.9. The first-order chi connectivity index (χ1) is 13.0. The first-order valence-corrected chi connectivity index (χ1v) is 8.69. The number of hydrogen-bond donors (Lipinski definition) is 0. The number of rotatable bonds is 5. The third kappa shape index (κ3) is 5.26. The van der Waals surface area contributed by atoms with Crippen LogP contribution in [0, 0.1) is 11.6 Å². The fourth-order valence-corrected chi connectivity index (χ4v) is 2.86. The zero-order valence-corrected chi connectivity index (χ0v) is 14.7. The van der Waals surface area contributed by atoms with Crippen molar-refractivity contribution in [1.29, 1.82) is 0 Å². The molecule has 1 fully saturated rings. The highest BCUT2D eigenvalue weighted by atomic mass is 19.1. The summed E-state index contributed by atoms with van der Waals surface area (Å²) in [6, 6.07) is 11.3. The Balaban J connectivity index is 1.43. The highest BCUT2D eigenvalue weighted by molar-refractivity contribution is 5.80. The molecule has 0 spiro atoms. The molecule has 27 heavy (non-hydrogen) atoms. The van der Waals surface area contributed by atoms with Gasteiger partial charge in [0.15, 0.2) is 6.61 Å². The fourth-order valence-electron chi connectivity index (χ4n) is 2.86. The molecule has 0 unspecified atom stereocenters. The van der Waals surface area contributed by atoms with Gasteiger partial charge in [-0.1, -0.05) is 12.1 Å². The number of halogens is 2. The van der Waals surface area contributed by atoms with Gasteiger partial charge in [0.05, 0.1) is 6.42 Å². The maximum absolute atomic E-state index is 12.9.